The van der Waals surface area contributed by atoms with Crippen molar-refractivity contribution in [3.8, 4) is 0 Å². The van der Waals surface area contributed by atoms with Crippen LogP contribution in [0.4, 0.5) is 0 Å². The van der Waals surface area contributed by atoms with Gasteiger partial charge in [0.1, 0.15) is 0 Å². The molecule has 0 aromatic heterocycles. The van der Waals surface area contributed by atoms with Gasteiger partial charge in [-0.3, -0.25) is 4.79 Å². The van der Waals surface area contributed by atoms with Gasteiger partial charge in [-0.1, -0.05) is 30.7 Å². The summed E-state index contributed by atoms with van der Waals surface area (Å²) in [5.74, 6) is -0.0130. The highest BCUT2D eigenvalue weighted by Gasteiger charge is 2.53. The van der Waals surface area contributed by atoms with Crippen molar-refractivity contribution in [3.05, 3.63) is 42.5 Å². The Bertz CT molecular complexity index is 631. The van der Waals surface area contributed by atoms with Gasteiger partial charge in [0.25, 0.3) is 0 Å². The molecule has 1 saturated carbocycles. The number of carbonyl (C=O) groups excluding carboxylic acids is 1. The molecule has 0 unspecified atom stereocenters. The van der Waals surface area contributed by atoms with Crippen molar-refractivity contribution >= 4 is 15.6 Å². The zero-order valence-electron chi connectivity index (χ0n) is 10.6. The third kappa shape index (κ3) is 1.77. The molecular formula is C15H16O3S. The molecule has 1 aromatic carbocycles. The van der Waals surface area contributed by atoms with Gasteiger partial charge in [-0.2, -0.15) is 0 Å². The van der Waals surface area contributed by atoms with E-state index in [-0.39, 0.29) is 11.7 Å². The van der Waals surface area contributed by atoms with Crippen molar-refractivity contribution in [2.75, 3.05) is 0 Å². The first kappa shape index (κ1) is 12.6. The number of fused-ring (bicyclic) bond motifs is 1. The van der Waals surface area contributed by atoms with Gasteiger partial charge in [-0.15, -0.1) is 0 Å². The Morgan fingerprint density at radius 1 is 1.16 bits per heavy atom. The lowest BCUT2D eigenvalue weighted by atomic mass is 9.85. The first-order valence-electron chi connectivity index (χ1n) is 6.58. The van der Waals surface area contributed by atoms with E-state index in [1.54, 1.807) is 30.3 Å². The topological polar surface area (TPSA) is 51.2 Å². The fourth-order valence-electron chi connectivity index (χ4n) is 3.37. The second-order valence-corrected chi connectivity index (χ2v) is 7.60. The number of hydrogen-bond acceptors (Lipinski definition) is 3. The molecule has 0 bridgehead atoms. The number of allylic oxidation sites excluding steroid dienone is 1. The second kappa shape index (κ2) is 4.30. The number of rotatable bonds is 2. The van der Waals surface area contributed by atoms with E-state index in [2.05, 4.69) is 0 Å². The molecular weight excluding hydrogens is 260 g/mol. The minimum atomic E-state index is -3.42. The SMILES string of the molecule is O=C1C=C[C@]2(S(=O)(=O)c3ccccc3)CCC[C@@H]2C1. The van der Waals surface area contributed by atoms with Crippen molar-refractivity contribution in [2.24, 2.45) is 5.92 Å². The van der Waals surface area contributed by atoms with Crippen LogP contribution >= 0.6 is 0 Å². The first-order chi connectivity index (χ1) is 9.06. The van der Waals surface area contributed by atoms with Crippen molar-refractivity contribution in [2.45, 2.75) is 35.3 Å². The fourth-order valence-corrected chi connectivity index (χ4v) is 5.63. The third-order valence-electron chi connectivity index (χ3n) is 4.36. The lowest BCUT2D eigenvalue weighted by molar-refractivity contribution is -0.115. The summed E-state index contributed by atoms with van der Waals surface area (Å²) in [6.45, 7) is 0. The standard InChI is InChI=1S/C15H16O3S/c16-13-8-10-15(9-4-5-12(15)11-13)19(17,18)14-6-2-1-3-7-14/h1-3,6-8,10,12H,4-5,9,11H2/t12-,15-/m1/s1. The maximum atomic E-state index is 12.9. The molecule has 0 amide bonds. The molecule has 3 nitrogen and oxygen atoms in total. The van der Waals surface area contributed by atoms with Gasteiger partial charge in [0.2, 0.25) is 0 Å². The number of sulfone groups is 1. The monoisotopic (exact) mass is 276 g/mol. The molecule has 0 spiro atoms. The minimum absolute atomic E-state index is 0.0470. The summed E-state index contributed by atoms with van der Waals surface area (Å²) in [5, 5.41) is 0. The smallest absolute Gasteiger partial charge is 0.187 e. The number of ketones is 1. The average molecular weight is 276 g/mol. The molecule has 2 aliphatic carbocycles. The number of benzene rings is 1. The summed E-state index contributed by atoms with van der Waals surface area (Å²) in [7, 11) is -3.42. The van der Waals surface area contributed by atoms with E-state index < -0.39 is 14.6 Å². The maximum Gasteiger partial charge on any atom is 0.187 e. The predicted octanol–water partition coefficient (Wildman–Crippen LogP) is 2.53. The maximum absolute atomic E-state index is 12.9. The molecule has 1 aromatic rings. The lowest BCUT2D eigenvalue weighted by Crippen LogP contribution is -2.43. The summed E-state index contributed by atoms with van der Waals surface area (Å²) in [4.78, 5) is 11.9. The van der Waals surface area contributed by atoms with E-state index in [4.69, 9.17) is 0 Å². The summed E-state index contributed by atoms with van der Waals surface area (Å²) in [6, 6.07) is 8.58. The van der Waals surface area contributed by atoms with Crippen molar-refractivity contribution in [1.29, 1.82) is 0 Å². The molecule has 0 heterocycles. The normalized spacial score (nSPS) is 30.3. The van der Waals surface area contributed by atoms with Crippen molar-refractivity contribution in [3.63, 3.8) is 0 Å². The van der Waals surface area contributed by atoms with E-state index in [9.17, 15) is 13.2 Å². The Labute approximate surface area is 113 Å². The second-order valence-electron chi connectivity index (χ2n) is 5.36. The predicted molar refractivity (Wildman–Crippen MR) is 72.5 cm³/mol. The van der Waals surface area contributed by atoms with Gasteiger partial charge in [0, 0.05) is 6.42 Å². The van der Waals surface area contributed by atoms with E-state index in [0.717, 1.165) is 12.8 Å². The third-order valence-corrected chi connectivity index (χ3v) is 6.93. The molecule has 0 radical (unpaired) electrons. The zero-order valence-corrected chi connectivity index (χ0v) is 11.4. The van der Waals surface area contributed by atoms with E-state index in [1.807, 2.05) is 6.07 Å². The van der Waals surface area contributed by atoms with Crippen LogP contribution in [0.5, 0.6) is 0 Å². The highest BCUT2D eigenvalue weighted by molar-refractivity contribution is 7.93. The Morgan fingerprint density at radius 2 is 1.89 bits per heavy atom. The lowest BCUT2D eigenvalue weighted by Gasteiger charge is -2.34. The van der Waals surface area contributed by atoms with Crippen LogP contribution in [0.15, 0.2) is 47.4 Å². The fraction of sp³-hybridized carbons (Fsp3) is 0.400. The molecule has 100 valence electrons. The first-order valence-corrected chi connectivity index (χ1v) is 8.06. The Morgan fingerprint density at radius 3 is 2.63 bits per heavy atom. The molecule has 0 saturated heterocycles. The van der Waals surface area contributed by atoms with Crippen LogP contribution in [0.1, 0.15) is 25.7 Å². The molecule has 0 aliphatic heterocycles. The molecule has 0 N–H and O–H groups in total. The van der Waals surface area contributed by atoms with Crippen LogP contribution in [0, 0.1) is 5.92 Å². The highest BCUT2D eigenvalue weighted by Crippen LogP contribution is 2.49. The zero-order chi connectivity index (χ0) is 13.5. The van der Waals surface area contributed by atoms with E-state index in [0.29, 0.717) is 17.7 Å². The van der Waals surface area contributed by atoms with Crippen LogP contribution < -0.4 is 0 Å². The van der Waals surface area contributed by atoms with Gasteiger partial charge in [0.15, 0.2) is 15.6 Å². The van der Waals surface area contributed by atoms with Crippen LogP contribution in [0.25, 0.3) is 0 Å². The summed E-state index contributed by atoms with van der Waals surface area (Å²) in [6.07, 6.45) is 5.79. The van der Waals surface area contributed by atoms with Gasteiger partial charge >= 0.3 is 0 Å². The van der Waals surface area contributed by atoms with Gasteiger partial charge < -0.3 is 0 Å². The van der Waals surface area contributed by atoms with Gasteiger partial charge in [-0.05, 0) is 37.0 Å². The Kier molecular flexibility index (Phi) is 2.86. The molecule has 1 fully saturated rings. The van der Waals surface area contributed by atoms with Crippen LogP contribution in [-0.4, -0.2) is 18.9 Å². The van der Waals surface area contributed by atoms with Crippen molar-refractivity contribution < 1.29 is 13.2 Å². The van der Waals surface area contributed by atoms with Crippen molar-refractivity contribution in [1.82, 2.24) is 0 Å². The minimum Gasteiger partial charge on any atom is -0.295 e. The van der Waals surface area contributed by atoms with E-state index >= 15 is 0 Å². The largest absolute Gasteiger partial charge is 0.295 e. The van der Waals surface area contributed by atoms with Crippen LogP contribution in [0.3, 0.4) is 0 Å². The molecule has 2 aliphatic rings. The molecule has 3 rings (SSSR count). The molecule has 19 heavy (non-hydrogen) atoms. The quantitative estimate of drug-likeness (QED) is 0.834. The summed E-state index contributed by atoms with van der Waals surface area (Å²) in [5.41, 5.74) is 0. The number of hydrogen-bond donors (Lipinski definition) is 0. The van der Waals surface area contributed by atoms with Gasteiger partial charge in [0.05, 0.1) is 9.64 Å². The summed E-state index contributed by atoms with van der Waals surface area (Å²) >= 11 is 0. The van der Waals surface area contributed by atoms with Gasteiger partial charge in [-0.25, -0.2) is 8.42 Å². The molecule has 4 heteroatoms. The average Bonchev–Trinajstić information content (AvgIpc) is 2.84. The van der Waals surface area contributed by atoms with Crippen LogP contribution in [-0.2, 0) is 14.6 Å². The van der Waals surface area contributed by atoms with E-state index in [1.165, 1.54) is 6.08 Å². The Balaban J connectivity index is 2.14. The van der Waals surface area contributed by atoms with Crippen LogP contribution in [0.2, 0.25) is 0 Å². The number of carbonyl (C=O) groups is 1. The highest BCUT2D eigenvalue weighted by atomic mass is 32.2. The Hall–Kier alpha value is -1.42. The molecule has 2 atom stereocenters. The summed E-state index contributed by atoms with van der Waals surface area (Å²) < 4.78 is 25.0.